The summed E-state index contributed by atoms with van der Waals surface area (Å²) in [6.07, 6.45) is -0.106. The third-order valence-corrected chi connectivity index (χ3v) is 6.71. The topological polar surface area (TPSA) is 60.0 Å². The Morgan fingerprint density at radius 1 is 0.971 bits per heavy atom. The van der Waals surface area contributed by atoms with E-state index in [4.69, 9.17) is 14.2 Å². The summed E-state index contributed by atoms with van der Waals surface area (Å²) in [5.74, 6) is 2.55. The number of ether oxygens (including phenoxy) is 3. The van der Waals surface area contributed by atoms with Gasteiger partial charge in [0.05, 0.1) is 7.11 Å². The summed E-state index contributed by atoms with van der Waals surface area (Å²) in [7, 11) is 1.68. The summed E-state index contributed by atoms with van der Waals surface area (Å²) in [6.45, 7) is 8.92. The van der Waals surface area contributed by atoms with Gasteiger partial charge in [-0.05, 0) is 63.1 Å². The van der Waals surface area contributed by atoms with E-state index in [1.165, 1.54) is 11.1 Å². The van der Waals surface area contributed by atoms with Gasteiger partial charge >= 0.3 is 0 Å². The predicted molar refractivity (Wildman–Crippen MR) is 140 cm³/mol. The number of hydrogen-bond donors (Lipinski definition) is 2. The van der Waals surface area contributed by atoms with Crippen molar-refractivity contribution in [3.05, 3.63) is 89.5 Å². The Morgan fingerprint density at radius 2 is 1.66 bits per heavy atom. The Hall–Kier alpha value is -3.02. The molecule has 0 radical (unpaired) electrons. The first-order chi connectivity index (χ1) is 16.8. The molecule has 0 saturated carbocycles. The largest absolute Gasteiger partial charge is 0.497 e. The van der Waals surface area contributed by atoms with Gasteiger partial charge < -0.3 is 19.3 Å². The maximum absolute atomic E-state index is 10.1. The molecule has 35 heavy (non-hydrogen) atoms. The molecule has 1 heterocycles. The fraction of sp³-hybridized carbons (Fsp3) is 0.400. The molecule has 0 aliphatic carbocycles. The van der Waals surface area contributed by atoms with E-state index in [-0.39, 0.29) is 11.8 Å². The highest BCUT2D eigenvalue weighted by molar-refractivity contribution is 5.52. The molecule has 0 bridgehead atoms. The van der Waals surface area contributed by atoms with Gasteiger partial charge in [0.25, 0.3) is 0 Å². The van der Waals surface area contributed by atoms with E-state index >= 15 is 0 Å². The van der Waals surface area contributed by atoms with Crippen molar-refractivity contribution in [1.29, 1.82) is 0 Å². The lowest BCUT2D eigenvalue weighted by Crippen LogP contribution is -2.43. The average molecular weight is 476 g/mol. The summed E-state index contributed by atoms with van der Waals surface area (Å²) < 4.78 is 18.1. The van der Waals surface area contributed by atoms with Crippen LogP contribution in [-0.2, 0) is 0 Å². The van der Waals surface area contributed by atoms with Crippen LogP contribution in [0.3, 0.4) is 0 Å². The second kappa shape index (κ2) is 10.7. The van der Waals surface area contributed by atoms with Gasteiger partial charge in [-0.3, -0.25) is 5.32 Å². The van der Waals surface area contributed by atoms with Crippen LogP contribution < -0.4 is 19.5 Å². The Kier molecular flexibility index (Phi) is 7.68. The molecule has 3 aromatic rings. The average Bonchev–Trinajstić information content (AvgIpc) is 2.85. The van der Waals surface area contributed by atoms with Crippen LogP contribution in [0.15, 0.2) is 72.8 Å². The number of hydrogen-bond acceptors (Lipinski definition) is 5. The summed E-state index contributed by atoms with van der Waals surface area (Å²) in [4.78, 5) is 0. The standard InChI is InChI=1S/C30H37NO4/c1-6-18-31-29(20(2)32)34-23-14-12-21(13-15-23)27-25-17-16-24(33-5)19-26(25)35-30(3,4)28(27)22-10-8-7-9-11-22/h7-17,19-20,27-29,31-32H,6,18H2,1-5H3/t20-,27+,28-,29?/m0/s1. The highest BCUT2D eigenvalue weighted by Gasteiger charge is 2.45. The van der Waals surface area contributed by atoms with Crippen LogP contribution in [-0.4, -0.2) is 36.7 Å². The van der Waals surface area contributed by atoms with Crippen LogP contribution in [0.2, 0.25) is 0 Å². The third kappa shape index (κ3) is 5.47. The molecule has 4 rings (SSSR count). The van der Waals surface area contributed by atoms with Gasteiger partial charge in [0.2, 0.25) is 0 Å². The van der Waals surface area contributed by atoms with Gasteiger partial charge in [-0.15, -0.1) is 0 Å². The molecule has 0 amide bonds. The molecule has 0 saturated heterocycles. The zero-order valence-electron chi connectivity index (χ0n) is 21.3. The zero-order chi connectivity index (χ0) is 25.0. The molecule has 5 heteroatoms. The summed E-state index contributed by atoms with van der Waals surface area (Å²) in [5, 5.41) is 13.4. The normalized spacial score (nSPS) is 20.3. The van der Waals surface area contributed by atoms with Crippen LogP contribution in [0.4, 0.5) is 0 Å². The van der Waals surface area contributed by atoms with Crippen molar-refractivity contribution in [3.8, 4) is 17.2 Å². The number of nitrogens with one attached hydrogen (secondary N) is 1. The molecule has 3 aromatic carbocycles. The Bertz CT molecular complexity index is 1100. The quantitative estimate of drug-likeness (QED) is 0.379. The van der Waals surface area contributed by atoms with E-state index in [0.717, 1.165) is 35.8 Å². The highest BCUT2D eigenvalue weighted by atomic mass is 16.5. The van der Waals surface area contributed by atoms with Gasteiger partial charge in [0, 0.05) is 23.5 Å². The molecule has 5 nitrogen and oxygen atoms in total. The van der Waals surface area contributed by atoms with Crippen LogP contribution in [0.5, 0.6) is 17.2 Å². The monoisotopic (exact) mass is 475 g/mol. The van der Waals surface area contributed by atoms with Gasteiger partial charge in [0.15, 0.2) is 6.23 Å². The number of rotatable bonds is 9. The molecular weight excluding hydrogens is 438 g/mol. The lowest BCUT2D eigenvalue weighted by molar-refractivity contribution is 0.0272. The van der Waals surface area contributed by atoms with Crippen molar-refractivity contribution in [2.45, 2.75) is 63.9 Å². The molecule has 0 fully saturated rings. The Balaban J connectivity index is 1.73. The number of benzene rings is 3. The maximum atomic E-state index is 10.1. The van der Waals surface area contributed by atoms with Crippen LogP contribution in [0.1, 0.15) is 62.6 Å². The first-order valence-electron chi connectivity index (χ1n) is 12.4. The Morgan fingerprint density at radius 3 is 2.29 bits per heavy atom. The van der Waals surface area contributed by atoms with Gasteiger partial charge in [0.1, 0.15) is 29.0 Å². The summed E-state index contributed by atoms with van der Waals surface area (Å²) in [6, 6.07) is 24.9. The van der Waals surface area contributed by atoms with Gasteiger partial charge in [-0.1, -0.05) is 55.5 Å². The first kappa shape index (κ1) is 25.1. The van der Waals surface area contributed by atoms with Crippen molar-refractivity contribution >= 4 is 0 Å². The van der Waals surface area contributed by atoms with Gasteiger partial charge in [-0.25, -0.2) is 0 Å². The lowest BCUT2D eigenvalue weighted by Gasteiger charge is -2.45. The minimum absolute atomic E-state index is 0.0851. The smallest absolute Gasteiger partial charge is 0.176 e. The summed E-state index contributed by atoms with van der Waals surface area (Å²) in [5.41, 5.74) is 3.12. The van der Waals surface area contributed by atoms with Crippen molar-refractivity contribution < 1.29 is 19.3 Å². The maximum Gasteiger partial charge on any atom is 0.176 e. The van der Waals surface area contributed by atoms with Crippen LogP contribution in [0, 0.1) is 0 Å². The minimum Gasteiger partial charge on any atom is -0.497 e. The van der Waals surface area contributed by atoms with E-state index in [2.05, 4.69) is 68.6 Å². The zero-order valence-corrected chi connectivity index (χ0v) is 21.3. The molecule has 186 valence electrons. The molecular formula is C30H37NO4. The van der Waals surface area contributed by atoms with E-state index in [1.807, 2.05) is 30.3 Å². The first-order valence-corrected chi connectivity index (χ1v) is 12.4. The van der Waals surface area contributed by atoms with Crippen molar-refractivity contribution in [1.82, 2.24) is 5.32 Å². The van der Waals surface area contributed by atoms with E-state index in [0.29, 0.717) is 0 Å². The lowest BCUT2D eigenvalue weighted by atomic mass is 9.68. The molecule has 1 unspecified atom stereocenters. The number of fused-ring (bicyclic) bond motifs is 1. The minimum atomic E-state index is -0.623. The summed E-state index contributed by atoms with van der Waals surface area (Å²) >= 11 is 0. The van der Waals surface area contributed by atoms with Crippen molar-refractivity contribution in [2.75, 3.05) is 13.7 Å². The molecule has 4 atom stereocenters. The van der Waals surface area contributed by atoms with E-state index < -0.39 is 17.9 Å². The molecule has 1 aliphatic rings. The van der Waals surface area contributed by atoms with Crippen molar-refractivity contribution in [3.63, 3.8) is 0 Å². The van der Waals surface area contributed by atoms with Crippen molar-refractivity contribution in [2.24, 2.45) is 0 Å². The SMILES string of the molecule is CCCNC(Oc1ccc([C@@H]2c3ccc(OC)cc3OC(C)(C)[C@H]2c2ccccc2)cc1)[C@H](C)O. The second-order valence-corrected chi connectivity index (χ2v) is 9.78. The second-order valence-electron chi connectivity index (χ2n) is 9.78. The molecule has 0 spiro atoms. The van der Waals surface area contributed by atoms with Crippen LogP contribution in [0.25, 0.3) is 0 Å². The van der Waals surface area contributed by atoms with E-state index in [1.54, 1.807) is 14.0 Å². The molecule has 1 aliphatic heterocycles. The number of methoxy groups -OCH3 is 1. The molecule has 0 aromatic heterocycles. The third-order valence-electron chi connectivity index (χ3n) is 6.71. The number of aliphatic hydroxyl groups excluding tert-OH is 1. The number of aliphatic hydroxyl groups is 1. The fourth-order valence-electron chi connectivity index (χ4n) is 5.04. The molecule has 2 N–H and O–H groups in total. The highest BCUT2D eigenvalue weighted by Crippen LogP contribution is 2.53. The predicted octanol–water partition coefficient (Wildman–Crippen LogP) is 5.87. The van der Waals surface area contributed by atoms with Crippen LogP contribution >= 0.6 is 0 Å². The van der Waals surface area contributed by atoms with Gasteiger partial charge in [-0.2, -0.15) is 0 Å². The Labute approximate surface area is 209 Å². The fourth-order valence-corrected chi connectivity index (χ4v) is 5.04. The van der Waals surface area contributed by atoms with E-state index in [9.17, 15) is 5.11 Å².